The van der Waals surface area contributed by atoms with Gasteiger partial charge >= 0.3 is 12.0 Å². The predicted octanol–water partition coefficient (Wildman–Crippen LogP) is 2.27. The molecule has 1 atom stereocenters. The van der Waals surface area contributed by atoms with Crippen LogP contribution in [0.1, 0.15) is 40.5 Å². The maximum atomic E-state index is 12.2. The van der Waals surface area contributed by atoms with Gasteiger partial charge in [-0.15, -0.1) is 0 Å². The van der Waals surface area contributed by atoms with Crippen LogP contribution in [-0.4, -0.2) is 53.1 Å². The van der Waals surface area contributed by atoms with E-state index in [0.717, 1.165) is 6.42 Å². The number of urea groups is 1. The van der Waals surface area contributed by atoms with Crippen LogP contribution in [0, 0.1) is 5.92 Å². The van der Waals surface area contributed by atoms with Gasteiger partial charge in [0, 0.05) is 26.2 Å². The molecule has 0 aromatic carbocycles. The highest BCUT2D eigenvalue weighted by Crippen LogP contribution is 2.08. The summed E-state index contributed by atoms with van der Waals surface area (Å²) in [7, 11) is 1.77. The average Bonchev–Trinajstić information content (AvgIpc) is 2.27. The second-order valence-corrected chi connectivity index (χ2v) is 5.11. The van der Waals surface area contributed by atoms with E-state index in [1.807, 2.05) is 13.8 Å². The van der Waals surface area contributed by atoms with Crippen molar-refractivity contribution < 1.29 is 14.7 Å². The highest BCUT2D eigenvalue weighted by atomic mass is 16.4. The van der Waals surface area contributed by atoms with Crippen LogP contribution in [0.2, 0.25) is 0 Å². The number of rotatable bonds is 7. The van der Waals surface area contributed by atoms with Crippen LogP contribution < -0.4 is 0 Å². The minimum atomic E-state index is -0.877. The van der Waals surface area contributed by atoms with Crippen molar-refractivity contribution in [2.45, 2.75) is 46.6 Å². The molecule has 2 amide bonds. The zero-order valence-corrected chi connectivity index (χ0v) is 12.1. The molecule has 0 aliphatic carbocycles. The Hall–Kier alpha value is -1.26. The Morgan fingerprint density at radius 3 is 2.17 bits per heavy atom. The Kier molecular flexibility index (Phi) is 7.39. The van der Waals surface area contributed by atoms with Crippen LogP contribution >= 0.6 is 0 Å². The zero-order valence-electron chi connectivity index (χ0n) is 12.1. The number of nitrogens with zero attached hydrogens (tertiary/aromatic N) is 2. The quantitative estimate of drug-likeness (QED) is 0.762. The summed E-state index contributed by atoms with van der Waals surface area (Å²) in [6.45, 7) is 8.95. The Labute approximate surface area is 110 Å². The lowest BCUT2D eigenvalue weighted by molar-refractivity contribution is -0.137. The molecule has 0 spiro atoms. The molecule has 0 heterocycles. The van der Waals surface area contributed by atoms with Crippen LogP contribution in [0.15, 0.2) is 0 Å². The first-order valence-corrected chi connectivity index (χ1v) is 6.53. The second-order valence-electron chi connectivity index (χ2n) is 5.11. The zero-order chi connectivity index (χ0) is 14.3. The van der Waals surface area contributed by atoms with Gasteiger partial charge in [-0.3, -0.25) is 4.79 Å². The number of hydrogen-bond donors (Lipinski definition) is 1. The number of carboxylic acids is 1. The Morgan fingerprint density at radius 1 is 1.22 bits per heavy atom. The van der Waals surface area contributed by atoms with Gasteiger partial charge in [0.1, 0.15) is 0 Å². The van der Waals surface area contributed by atoms with Crippen LogP contribution in [0.3, 0.4) is 0 Å². The molecule has 0 aromatic rings. The van der Waals surface area contributed by atoms with Gasteiger partial charge in [0.25, 0.3) is 0 Å². The number of aliphatic carboxylic acids is 1. The van der Waals surface area contributed by atoms with E-state index >= 15 is 0 Å². The molecule has 5 heteroatoms. The molecule has 1 N–H and O–H groups in total. The van der Waals surface area contributed by atoms with Crippen molar-refractivity contribution >= 4 is 12.0 Å². The molecule has 0 aliphatic heterocycles. The molecule has 0 saturated carbocycles. The molecule has 0 bridgehead atoms. The van der Waals surface area contributed by atoms with Crippen molar-refractivity contribution in [1.82, 2.24) is 9.80 Å². The lowest BCUT2D eigenvalue weighted by Gasteiger charge is -2.32. The fourth-order valence-corrected chi connectivity index (χ4v) is 1.68. The molecular weight excluding hydrogens is 232 g/mol. The van der Waals surface area contributed by atoms with Gasteiger partial charge < -0.3 is 14.9 Å². The fourth-order valence-electron chi connectivity index (χ4n) is 1.68. The van der Waals surface area contributed by atoms with Gasteiger partial charge in [0.15, 0.2) is 0 Å². The van der Waals surface area contributed by atoms with Crippen LogP contribution in [0.25, 0.3) is 0 Å². The summed E-state index contributed by atoms with van der Waals surface area (Å²) in [6, 6.07) is -0.0808. The molecular formula is C13H26N2O3. The molecule has 0 rings (SSSR count). The third-order valence-electron chi connectivity index (χ3n) is 3.04. The lowest BCUT2D eigenvalue weighted by Crippen LogP contribution is -2.46. The molecule has 0 radical (unpaired) electrons. The van der Waals surface area contributed by atoms with Gasteiger partial charge in [0.2, 0.25) is 0 Å². The number of carbonyl (C=O) groups is 2. The van der Waals surface area contributed by atoms with Crippen molar-refractivity contribution in [3.63, 3.8) is 0 Å². The number of carboxylic acid groups (broad SMARTS) is 1. The third kappa shape index (κ3) is 5.89. The normalized spacial score (nSPS) is 12.3. The number of amides is 2. The minimum Gasteiger partial charge on any atom is -0.481 e. The molecule has 1 unspecified atom stereocenters. The molecule has 0 fully saturated rings. The van der Waals surface area contributed by atoms with E-state index in [1.165, 1.54) is 0 Å². The van der Waals surface area contributed by atoms with E-state index in [1.54, 1.807) is 16.8 Å². The standard InChI is InChI=1S/C13H26N2O3/c1-6-11(4)9-14(5)13(18)15(10(2)3)8-7-12(16)17/h10-11H,6-9H2,1-5H3,(H,16,17). The van der Waals surface area contributed by atoms with Crippen molar-refractivity contribution in [2.75, 3.05) is 20.1 Å². The van der Waals surface area contributed by atoms with Gasteiger partial charge in [-0.05, 0) is 19.8 Å². The monoisotopic (exact) mass is 258 g/mol. The summed E-state index contributed by atoms with van der Waals surface area (Å²) in [5.41, 5.74) is 0. The Bertz CT molecular complexity index is 279. The van der Waals surface area contributed by atoms with Gasteiger partial charge in [-0.25, -0.2) is 4.79 Å². The second kappa shape index (κ2) is 7.95. The minimum absolute atomic E-state index is 0.0104. The van der Waals surface area contributed by atoms with Gasteiger partial charge in [0.05, 0.1) is 6.42 Å². The first-order chi connectivity index (χ1) is 8.29. The molecule has 0 aliphatic rings. The Morgan fingerprint density at radius 2 is 1.78 bits per heavy atom. The fraction of sp³-hybridized carbons (Fsp3) is 0.846. The largest absolute Gasteiger partial charge is 0.481 e. The van der Waals surface area contributed by atoms with Crippen LogP contribution in [-0.2, 0) is 4.79 Å². The van der Waals surface area contributed by atoms with E-state index in [9.17, 15) is 9.59 Å². The molecule has 0 aromatic heterocycles. The Balaban J connectivity index is 4.50. The maximum absolute atomic E-state index is 12.2. The summed E-state index contributed by atoms with van der Waals surface area (Å²) in [4.78, 5) is 26.1. The van der Waals surface area contributed by atoms with E-state index in [4.69, 9.17) is 5.11 Å². The highest BCUT2D eigenvalue weighted by Gasteiger charge is 2.22. The average molecular weight is 258 g/mol. The van der Waals surface area contributed by atoms with Crippen LogP contribution in [0.5, 0.6) is 0 Å². The smallest absolute Gasteiger partial charge is 0.319 e. The summed E-state index contributed by atoms with van der Waals surface area (Å²) in [5, 5.41) is 8.70. The predicted molar refractivity (Wildman–Crippen MR) is 71.6 cm³/mol. The lowest BCUT2D eigenvalue weighted by atomic mass is 10.1. The highest BCUT2D eigenvalue weighted by molar-refractivity contribution is 5.75. The maximum Gasteiger partial charge on any atom is 0.319 e. The summed E-state index contributed by atoms with van der Waals surface area (Å²) in [6.07, 6.45) is 1.01. The number of carbonyl (C=O) groups excluding carboxylic acids is 1. The van der Waals surface area contributed by atoms with Crippen LogP contribution in [0.4, 0.5) is 4.79 Å². The van der Waals surface area contributed by atoms with E-state index in [0.29, 0.717) is 12.5 Å². The first-order valence-electron chi connectivity index (χ1n) is 6.53. The van der Waals surface area contributed by atoms with Crippen molar-refractivity contribution in [1.29, 1.82) is 0 Å². The molecule has 106 valence electrons. The first kappa shape index (κ1) is 16.7. The molecule has 5 nitrogen and oxygen atoms in total. The SMILES string of the molecule is CCC(C)CN(C)C(=O)N(CCC(=O)O)C(C)C. The van der Waals surface area contributed by atoms with Crippen molar-refractivity contribution in [2.24, 2.45) is 5.92 Å². The third-order valence-corrected chi connectivity index (χ3v) is 3.04. The molecule has 18 heavy (non-hydrogen) atoms. The van der Waals surface area contributed by atoms with Crippen molar-refractivity contribution in [3.8, 4) is 0 Å². The van der Waals surface area contributed by atoms with E-state index in [2.05, 4.69) is 13.8 Å². The molecule has 0 saturated heterocycles. The van der Waals surface area contributed by atoms with E-state index in [-0.39, 0.29) is 25.0 Å². The summed E-state index contributed by atoms with van der Waals surface area (Å²) < 4.78 is 0. The van der Waals surface area contributed by atoms with Gasteiger partial charge in [-0.2, -0.15) is 0 Å². The topological polar surface area (TPSA) is 60.9 Å². The number of hydrogen-bond acceptors (Lipinski definition) is 2. The van der Waals surface area contributed by atoms with E-state index < -0.39 is 5.97 Å². The summed E-state index contributed by atoms with van der Waals surface area (Å²) >= 11 is 0. The summed E-state index contributed by atoms with van der Waals surface area (Å²) in [5.74, 6) is -0.425. The van der Waals surface area contributed by atoms with Gasteiger partial charge in [-0.1, -0.05) is 20.3 Å². The van der Waals surface area contributed by atoms with Crippen molar-refractivity contribution in [3.05, 3.63) is 0 Å².